The van der Waals surface area contributed by atoms with Gasteiger partial charge < -0.3 is 4.74 Å². The Balaban J connectivity index is 2.43. The summed E-state index contributed by atoms with van der Waals surface area (Å²) in [6.07, 6.45) is 3.08. The summed E-state index contributed by atoms with van der Waals surface area (Å²) in [7, 11) is 3.22. The first-order valence-electron chi connectivity index (χ1n) is 5.17. The Morgan fingerprint density at radius 2 is 2.12 bits per heavy atom. The third-order valence-electron chi connectivity index (χ3n) is 2.51. The van der Waals surface area contributed by atoms with Gasteiger partial charge in [0, 0.05) is 24.5 Å². The highest BCUT2D eigenvalue weighted by molar-refractivity contribution is 6.09. The fourth-order valence-corrected chi connectivity index (χ4v) is 1.56. The molecule has 2 heterocycles. The van der Waals surface area contributed by atoms with Gasteiger partial charge in [0.15, 0.2) is 11.4 Å². The lowest BCUT2D eigenvalue weighted by molar-refractivity contribution is 0.102. The zero-order chi connectivity index (χ0) is 12.4. The monoisotopic (exact) mass is 231 g/mol. The quantitative estimate of drug-likeness (QED) is 0.748. The maximum atomic E-state index is 12.2. The van der Waals surface area contributed by atoms with Crippen LogP contribution in [-0.2, 0) is 7.05 Å². The van der Waals surface area contributed by atoms with Gasteiger partial charge in [-0.1, -0.05) is 0 Å². The van der Waals surface area contributed by atoms with Gasteiger partial charge in [-0.05, 0) is 19.1 Å². The average molecular weight is 231 g/mol. The molecule has 0 N–H and O–H groups in total. The molecule has 0 unspecified atom stereocenters. The van der Waals surface area contributed by atoms with E-state index >= 15 is 0 Å². The summed E-state index contributed by atoms with van der Waals surface area (Å²) < 4.78 is 6.61. The van der Waals surface area contributed by atoms with Crippen molar-refractivity contribution in [2.45, 2.75) is 6.92 Å². The molecular weight excluding hydrogens is 218 g/mol. The van der Waals surface area contributed by atoms with Crippen LogP contribution in [0.25, 0.3) is 0 Å². The third-order valence-corrected chi connectivity index (χ3v) is 2.51. The first kappa shape index (κ1) is 11.3. The molecule has 17 heavy (non-hydrogen) atoms. The molecule has 0 radical (unpaired) electrons. The van der Waals surface area contributed by atoms with Gasteiger partial charge >= 0.3 is 0 Å². The molecule has 2 aromatic rings. The smallest absolute Gasteiger partial charge is 0.216 e. The Hall–Kier alpha value is -2.17. The number of hydrogen-bond donors (Lipinski definition) is 0. The summed E-state index contributed by atoms with van der Waals surface area (Å²) in [6.45, 7) is 1.87. The number of hydrogen-bond acceptors (Lipinski definition) is 4. The Morgan fingerprint density at radius 1 is 1.35 bits per heavy atom. The van der Waals surface area contributed by atoms with Crippen molar-refractivity contribution in [1.82, 2.24) is 14.8 Å². The molecular formula is C12H13N3O2. The number of nitrogens with zero attached hydrogens (tertiary/aromatic N) is 3. The van der Waals surface area contributed by atoms with Crippen molar-refractivity contribution in [2.75, 3.05) is 7.11 Å². The molecule has 5 heteroatoms. The van der Waals surface area contributed by atoms with Gasteiger partial charge in [0.2, 0.25) is 5.78 Å². The third kappa shape index (κ3) is 2.04. The molecule has 0 spiro atoms. The number of ketones is 1. The number of pyridine rings is 1. The molecule has 2 aromatic heterocycles. The minimum absolute atomic E-state index is 0.144. The van der Waals surface area contributed by atoms with E-state index in [2.05, 4.69) is 10.1 Å². The fraction of sp³-hybridized carbons (Fsp3) is 0.250. The van der Waals surface area contributed by atoms with Gasteiger partial charge in [0.25, 0.3) is 0 Å². The van der Waals surface area contributed by atoms with E-state index in [0.29, 0.717) is 17.0 Å². The lowest BCUT2D eigenvalue weighted by Gasteiger charge is -2.04. The van der Waals surface area contributed by atoms with Crippen molar-refractivity contribution in [3.8, 4) is 5.75 Å². The molecule has 0 bridgehead atoms. The number of aryl methyl sites for hydroxylation is 2. The van der Waals surface area contributed by atoms with E-state index < -0.39 is 0 Å². The standard InChI is InChI=1S/C12H13N3O2/c1-8-4-5-9(6-13-8)12(16)11-10(17-3)7-14-15(11)2/h4-7H,1-3H3. The van der Waals surface area contributed by atoms with Gasteiger partial charge in [-0.25, -0.2) is 0 Å². The topological polar surface area (TPSA) is 57.0 Å². The van der Waals surface area contributed by atoms with Crippen molar-refractivity contribution in [3.05, 3.63) is 41.5 Å². The molecule has 0 aliphatic rings. The van der Waals surface area contributed by atoms with E-state index in [1.54, 1.807) is 25.4 Å². The van der Waals surface area contributed by atoms with E-state index in [1.165, 1.54) is 18.0 Å². The van der Waals surface area contributed by atoms with Crippen molar-refractivity contribution in [1.29, 1.82) is 0 Å². The molecule has 5 nitrogen and oxygen atoms in total. The maximum absolute atomic E-state index is 12.2. The molecule has 0 aromatic carbocycles. The zero-order valence-corrected chi connectivity index (χ0v) is 9.97. The molecule has 0 amide bonds. The predicted octanol–water partition coefficient (Wildman–Crippen LogP) is 1.36. The first-order chi connectivity index (χ1) is 8.13. The van der Waals surface area contributed by atoms with E-state index in [-0.39, 0.29) is 5.78 Å². The van der Waals surface area contributed by atoms with Crippen molar-refractivity contribution < 1.29 is 9.53 Å². The number of methoxy groups -OCH3 is 1. The highest BCUT2D eigenvalue weighted by atomic mass is 16.5. The van der Waals surface area contributed by atoms with Crippen LogP contribution in [-0.4, -0.2) is 27.7 Å². The van der Waals surface area contributed by atoms with Crippen LogP contribution in [0.5, 0.6) is 5.75 Å². The average Bonchev–Trinajstić information content (AvgIpc) is 2.70. The van der Waals surface area contributed by atoms with Crippen LogP contribution >= 0.6 is 0 Å². The van der Waals surface area contributed by atoms with Crippen LogP contribution in [0.3, 0.4) is 0 Å². The van der Waals surface area contributed by atoms with Gasteiger partial charge in [-0.3, -0.25) is 14.5 Å². The fourth-order valence-electron chi connectivity index (χ4n) is 1.56. The highest BCUT2D eigenvalue weighted by Gasteiger charge is 2.19. The minimum Gasteiger partial charge on any atom is -0.493 e. The second-order valence-electron chi connectivity index (χ2n) is 3.70. The largest absolute Gasteiger partial charge is 0.493 e. The van der Waals surface area contributed by atoms with E-state index in [1.807, 2.05) is 6.92 Å². The Labute approximate surface area is 99.1 Å². The number of aromatic nitrogens is 3. The highest BCUT2D eigenvalue weighted by Crippen LogP contribution is 2.20. The van der Waals surface area contributed by atoms with Gasteiger partial charge in [-0.15, -0.1) is 0 Å². The summed E-state index contributed by atoms with van der Waals surface area (Å²) in [5.74, 6) is 0.326. The SMILES string of the molecule is COc1cnn(C)c1C(=O)c1ccc(C)nc1. The summed E-state index contributed by atoms with van der Waals surface area (Å²) in [6, 6.07) is 3.55. The molecule has 0 atom stereocenters. The van der Waals surface area contributed by atoms with Crippen LogP contribution in [0.1, 0.15) is 21.7 Å². The molecule has 2 rings (SSSR count). The van der Waals surface area contributed by atoms with E-state index in [9.17, 15) is 4.79 Å². The molecule has 0 saturated carbocycles. The summed E-state index contributed by atoms with van der Waals surface area (Å²) in [4.78, 5) is 16.3. The van der Waals surface area contributed by atoms with Crippen LogP contribution < -0.4 is 4.74 Å². The van der Waals surface area contributed by atoms with Crippen molar-refractivity contribution in [3.63, 3.8) is 0 Å². The lowest BCUT2D eigenvalue weighted by atomic mass is 10.1. The van der Waals surface area contributed by atoms with E-state index in [0.717, 1.165) is 5.69 Å². The van der Waals surface area contributed by atoms with Crippen LogP contribution in [0.15, 0.2) is 24.5 Å². The van der Waals surface area contributed by atoms with Crippen LogP contribution in [0, 0.1) is 6.92 Å². The van der Waals surface area contributed by atoms with Gasteiger partial charge in [-0.2, -0.15) is 5.10 Å². The van der Waals surface area contributed by atoms with Crippen LogP contribution in [0.4, 0.5) is 0 Å². The number of carbonyl (C=O) groups is 1. The molecule has 0 aliphatic carbocycles. The summed E-state index contributed by atoms with van der Waals surface area (Å²) >= 11 is 0. The normalized spacial score (nSPS) is 10.3. The van der Waals surface area contributed by atoms with Crippen molar-refractivity contribution >= 4 is 5.78 Å². The van der Waals surface area contributed by atoms with Gasteiger partial charge in [0.1, 0.15) is 0 Å². The number of carbonyl (C=O) groups excluding carboxylic acids is 1. The van der Waals surface area contributed by atoms with Crippen LogP contribution in [0.2, 0.25) is 0 Å². The molecule has 88 valence electrons. The second-order valence-corrected chi connectivity index (χ2v) is 3.70. The van der Waals surface area contributed by atoms with E-state index in [4.69, 9.17) is 4.74 Å². The van der Waals surface area contributed by atoms with Gasteiger partial charge in [0.05, 0.1) is 13.3 Å². The second kappa shape index (κ2) is 4.37. The minimum atomic E-state index is -0.144. The Morgan fingerprint density at radius 3 is 2.71 bits per heavy atom. The molecule has 0 aliphatic heterocycles. The zero-order valence-electron chi connectivity index (χ0n) is 9.97. The molecule has 0 saturated heterocycles. The summed E-state index contributed by atoms with van der Waals surface area (Å²) in [5.41, 5.74) is 1.83. The Kier molecular flexibility index (Phi) is 2.91. The maximum Gasteiger partial charge on any atom is 0.216 e. The first-order valence-corrected chi connectivity index (χ1v) is 5.17. The molecule has 0 fully saturated rings. The number of rotatable bonds is 3. The number of ether oxygens (including phenoxy) is 1. The summed E-state index contributed by atoms with van der Waals surface area (Å²) in [5, 5.41) is 4.00. The Bertz CT molecular complexity index is 543. The van der Waals surface area contributed by atoms with Crippen molar-refractivity contribution in [2.24, 2.45) is 7.05 Å². The lowest BCUT2D eigenvalue weighted by Crippen LogP contribution is -2.10. The predicted molar refractivity (Wildman–Crippen MR) is 62.2 cm³/mol.